The van der Waals surface area contributed by atoms with Crippen LogP contribution in [-0.2, 0) is 16.0 Å². The quantitative estimate of drug-likeness (QED) is 0.240. The first kappa shape index (κ1) is 27.3. The van der Waals surface area contributed by atoms with E-state index in [9.17, 15) is 29.8 Å². The van der Waals surface area contributed by atoms with E-state index in [1.165, 1.54) is 62.4 Å². The van der Waals surface area contributed by atoms with Gasteiger partial charge in [-0.05, 0) is 24.5 Å². The van der Waals surface area contributed by atoms with Gasteiger partial charge in [0.25, 0.3) is 11.4 Å². The summed E-state index contributed by atoms with van der Waals surface area (Å²) in [7, 11) is 0. The Labute approximate surface area is 204 Å². The van der Waals surface area contributed by atoms with Crippen molar-refractivity contribution >= 4 is 35.5 Å². The maximum absolute atomic E-state index is 11.9. The van der Waals surface area contributed by atoms with Gasteiger partial charge in [0.2, 0.25) is 5.91 Å². The molecule has 2 aromatic rings. The Hall–Kier alpha value is -3.95. The highest BCUT2D eigenvalue weighted by Crippen LogP contribution is 2.19. The maximum Gasteiger partial charge on any atom is 0.271 e. The summed E-state index contributed by atoms with van der Waals surface area (Å²) in [5.41, 5.74) is 1.09. The number of aliphatic imine (C=N–C) groups is 1. The van der Waals surface area contributed by atoms with Crippen LogP contribution in [0.3, 0.4) is 0 Å². The van der Waals surface area contributed by atoms with Crippen molar-refractivity contribution in [3.8, 4) is 0 Å². The molecule has 0 bridgehead atoms. The van der Waals surface area contributed by atoms with E-state index in [-0.39, 0.29) is 23.7 Å². The van der Waals surface area contributed by atoms with Crippen molar-refractivity contribution < 1.29 is 19.4 Å². The third kappa shape index (κ3) is 10.2. The Kier molecular flexibility index (Phi) is 11.7. The highest BCUT2D eigenvalue weighted by Gasteiger charge is 2.18. The smallest absolute Gasteiger partial charge is 0.271 e. The third-order valence-corrected chi connectivity index (χ3v) is 5.51. The molecule has 10 heteroatoms. The van der Waals surface area contributed by atoms with Crippen LogP contribution >= 0.6 is 0 Å². The van der Waals surface area contributed by atoms with E-state index in [1.807, 2.05) is 4.90 Å². The number of hydrogen-bond acceptors (Lipinski definition) is 7. The summed E-state index contributed by atoms with van der Waals surface area (Å²) in [6.45, 7) is 1.63. The molecule has 0 aromatic heterocycles. The minimum Gasteiger partial charge on any atom is -0.342 e. The van der Waals surface area contributed by atoms with Crippen molar-refractivity contribution in [2.45, 2.75) is 51.4 Å². The number of amides is 1. The molecule has 2 fully saturated rings. The molecular formula is C25H30N4O6. The van der Waals surface area contributed by atoms with Crippen molar-refractivity contribution in [2.24, 2.45) is 4.99 Å². The molecule has 1 saturated heterocycles. The second kappa shape index (κ2) is 15.0. The number of rotatable bonds is 6. The summed E-state index contributed by atoms with van der Waals surface area (Å²) < 4.78 is 0. The van der Waals surface area contributed by atoms with Gasteiger partial charge in [-0.3, -0.25) is 34.8 Å². The van der Waals surface area contributed by atoms with E-state index in [1.54, 1.807) is 18.2 Å². The standard InChI is InChI=1S/C12H14N2O3.C8H6N2O3.C5H10/c15-12(13-6-1-2-7-13)9-10-4-3-5-11(8-10)14(16)17;11-5-4-9-7-2-1-3-8(6-7)10(12)13;1-2-4-5-3-1/h3-5,8H,1-2,6-7,9H2;1-6H;1-5H2. The first-order chi connectivity index (χ1) is 16.9. The number of likely N-dealkylation sites (tertiary alicyclic amines) is 1. The molecule has 1 heterocycles. The number of benzene rings is 2. The molecule has 0 atom stereocenters. The molecule has 10 nitrogen and oxygen atoms in total. The first-order valence-corrected chi connectivity index (χ1v) is 11.6. The van der Waals surface area contributed by atoms with Crippen LogP contribution < -0.4 is 0 Å². The molecular weight excluding hydrogens is 452 g/mol. The number of aldehydes is 1. The van der Waals surface area contributed by atoms with Crippen molar-refractivity contribution in [2.75, 3.05) is 13.1 Å². The lowest BCUT2D eigenvalue weighted by Crippen LogP contribution is -2.29. The predicted molar refractivity (Wildman–Crippen MR) is 133 cm³/mol. The third-order valence-electron chi connectivity index (χ3n) is 5.51. The van der Waals surface area contributed by atoms with Gasteiger partial charge in [0.15, 0.2) is 6.29 Å². The Morgan fingerprint density at radius 2 is 1.40 bits per heavy atom. The van der Waals surface area contributed by atoms with Crippen molar-refractivity contribution in [3.05, 3.63) is 74.3 Å². The van der Waals surface area contributed by atoms with Crippen LogP contribution in [0.2, 0.25) is 0 Å². The van der Waals surface area contributed by atoms with E-state index in [2.05, 4.69) is 4.99 Å². The van der Waals surface area contributed by atoms with Crippen molar-refractivity contribution in [3.63, 3.8) is 0 Å². The minimum atomic E-state index is -0.514. The molecule has 1 aliphatic carbocycles. The van der Waals surface area contributed by atoms with E-state index in [0.29, 0.717) is 17.5 Å². The van der Waals surface area contributed by atoms with Gasteiger partial charge < -0.3 is 4.90 Å². The fourth-order valence-corrected chi connectivity index (χ4v) is 3.72. The first-order valence-electron chi connectivity index (χ1n) is 11.6. The lowest BCUT2D eigenvalue weighted by Gasteiger charge is -2.14. The minimum absolute atomic E-state index is 0.0386. The van der Waals surface area contributed by atoms with Gasteiger partial charge in [-0.2, -0.15) is 0 Å². The average molecular weight is 483 g/mol. The second-order valence-corrected chi connectivity index (χ2v) is 8.15. The Balaban J connectivity index is 0.000000211. The largest absolute Gasteiger partial charge is 0.342 e. The number of nitro benzene ring substituents is 2. The number of nitro groups is 2. The van der Waals surface area contributed by atoms with E-state index >= 15 is 0 Å². The van der Waals surface area contributed by atoms with Gasteiger partial charge in [-0.1, -0.05) is 50.3 Å². The topological polar surface area (TPSA) is 136 Å². The zero-order chi connectivity index (χ0) is 25.5. The monoisotopic (exact) mass is 482 g/mol. The van der Waals surface area contributed by atoms with Crippen LogP contribution in [0.5, 0.6) is 0 Å². The summed E-state index contributed by atoms with van der Waals surface area (Å²) in [4.78, 5) is 47.2. The molecule has 2 aliphatic rings. The van der Waals surface area contributed by atoms with Gasteiger partial charge in [-0.25, -0.2) is 0 Å². The van der Waals surface area contributed by atoms with Crippen LogP contribution in [0.25, 0.3) is 0 Å². The average Bonchev–Trinajstić information content (AvgIpc) is 3.61. The van der Waals surface area contributed by atoms with Gasteiger partial charge in [0, 0.05) is 37.4 Å². The summed E-state index contributed by atoms with van der Waals surface area (Å²) >= 11 is 0. The molecule has 1 amide bonds. The van der Waals surface area contributed by atoms with Crippen LogP contribution in [-0.4, -0.2) is 46.2 Å². The van der Waals surface area contributed by atoms with E-state index < -0.39 is 9.85 Å². The van der Waals surface area contributed by atoms with Crippen LogP contribution in [0.15, 0.2) is 53.5 Å². The molecule has 4 rings (SSSR count). The predicted octanol–water partition coefficient (Wildman–Crippen LogP) is 5.21. The van der Waals surface area contributed by atoms with Gasteiger partial charge in [-0.15, -0.1) is 0 Å². The SMILES string of the molecule is C1CCCC1.O=C(Cc1cccc([N+](=O)[O-])c1)N1CCCC1.O=CC=Nc1cccc([N+](=O)[O-])c1. The van der Waals surface area contributed by atoms with Crippen molar-refractivity contribution in [1.82, 2.24) is 4.90 Å². The van der Waals surface area contributed by atoms with E-state index in [0.717, 1.165) is 32.1 Å². The van der Waals surface area contributed by atoms with Crippen LogP contribution in [0, 0.1) is 20.2 Å². The Morgan fingerprint density at radius 1 is 0.857 bits per heavy atom. The molecule has 1 aliphatic heterocycles. The number of carbonyl (C=O) groups is 2. The highest BCUT2D eigenvalue weighted by atomic mass is 16.6. The van der Waals surface area contributed by atoms with Gasteiger partial charge in [0.1, 0.15) is 0 Å². The lowest BCUT2D eigenvalue weighted by atomic mass is 10.1. The Morgan fingerprint density at radius 3 is 1.94 bits per heavy atom. The fourth-order valence-electron chi connectivity index (χ4n) is 3.72. The zero-order valence-electron chi connectivity index (χ0n) is 19.6. The fraction of sp³-hybridized carbons (Fsp3) is 0.400. The lowest BCUT2D eigenvalue weighted by molar-refractivity contribution is -0.385. The summed E-state index contributed by atoms with van der Waals surface area (Å²) in [6.07, 6.45) is 11.4. The van der Waals surface area contributed by atoms with Gasteiger partial charge >= 0.3 is 0 Å². The Bertz CT molecular complexity index is 1020. The van der Waals surface area contributed by atoms with Crippen LogP contribution in [0.4, 0.5) is 17.1 Å². The molecule has 0 unspecified atom stereocenters. The number of nitrogens with zero attached hydrogens (tertiary/aromatic N) is 4. The van der Waals surface area contributed by atoms with Gasteiger partial charge in [0.05, 0.1) is 28.2 Å². The summed E-state index contributed by atoms with van der Waals surface area (Å²) in [6, 6.07) is 12.0. The van der Waals surface area contributed by atoms with Crippen LogP contribution in [0.1, 0.15) is 50.5 Å². The number of non-ortho nitro benzene ring substituents is 2. The summed E-state index contributed by atoms with van der Waals surface area (Å²) in [5.74, 6) is 0.0583. The zero-order valence-corrected chi connectivity index (χ0v) is 19.6. The molecule has 0 radical (unpaired) electrons. The number of hydrogen-bond donors (Lipinski definition) is 0. The molecule has 1 saturated carbocycles. The molecule has 2 aromatic carbocycles. The highest BCUT2D eigenvalue weighted by molar-refractivity contribution is 6.13. The molecule has 0 N–H and O–H groups in total. The normalized spacial score (nSPS) is 14.5. The molecule has 186 valence electrons. The maximum atomic E-state index is 11.9. The molecule has 35 heavy (non-hydrogen) atoms. The van der Waals surface area contributed by atoms with E-state index in [4.69, 9.17) is 0 Å². The molecule has 0 spiro atoms. The number of carbonyl (C=O) groups excluding carboxylic acids is 2. The van der Waals surface area contributed by atoms with Crippen molar-refractivity contribution in [1.29, 1.82) is 0 Å². The summed E-state index contributed by atoms with van der Waals surface area (Å²) in [5, 5.41) is 20.9. The second-order valence-electron chi connectivity index (χ2n) is 8.15.